The van der Waals surface area contributed by atoms with Crippen LogP contribution in [0.2, 0.25) is 0 Å². The predicted molar refractivity (Wildman–Crippen MR) is 108 cm³/mol. The lowest BCUT2D eigenvalue weighted by molar-refractivity contribution is -0.111. The number of carbonyl (C=O) groups excluding carboxylic acids is 1. The lowest BCUT2D eigenvalue weighted by Crippen LogP contribution is -2.07. The third kappa shape index (κ3) is 4.16. The highest BCUT2D eigenvalue weighted by molar-refractivity contribution is 7.98. The number of nitrogens with zero attached hydrogens (tertiary/aromatic N) is 2. The molecule has 0 saturated heterocycles. The van der Waals surface area contributed by atoms with Gasteiger partial charge in [0.25, 0.3) is 0 Å². The fourth-order valence-corrected chi connectivity index (χ4v) is 3.20. The number of aromatic nitrogens is 1. The zero-order valence-electron chi connectivity index (χ0n) is 14.5. The number of hydrogen-bond acceptors (Lipinski definition) is 3. The van der Waals surface area contributed by atoms with Crippen molar-refractivity contribution in [3.8, 4) is 6.07 Å². The van der Waals surface area contributed by atoms with Gasteiger partial charge in [-0.25, -0.2) is 0 Å². The maximum Gasteiger partial charge on any atom is 0.248 e. The second kappa shape index (κ2) is 8.41. The van der Waals surface area contributed by atoms with E-state index < -0.39 is 0 Å². The fraction of sp³-hybridized carbons (Fsp3) is 0.143. The van der Waals surface area contributed by atoms with Crippen molar-refractivity contribution in [1.29, 1.82) is 5.26 Å². The Bertz CT molecular complexity index is 981. The summed E-state index contributed by atoms with van der Waals surface area (Å²) in [6, 6.07) is 17.9. The van der Waals surface area contributed by atoms with Crippen molar-refractivity contribution >= 4 is 40.3 Å². The first-order valence-electron chi connectivity index (χ1n) is 8.29. The highest BCUT2D eigenvalue weighted by atomic mass is 32.2. The summed E-state index contributed by atoms with van der Waals surface area (Å²) in [6.45, 7) is 0.638. The Morgan fingerprint density at radius 3 is 2.73 bits per heavy atom. The number of thioether (sulfide) groups is 1. The molecule has 5 heteroatoms. The Labute approximate surface area is 157 Å². The molecular formula is C21H19N3OS. The summed E-state index contributed by atoms with van der Waals surface area (Å²) >= 11 is 1.66. The fourth-order valence-electron chi connectivity index (χ4n) is 2.79. The van der Waals surface area contributed by atoms with Crippen LogP contribution in [0.1, 0.15) is 12.0 Å². The summed E-state index contributed by atoms with van der Waals surface area (Å²) in [5, 5.41) is 12.8. The summed E-state index contributed by atoms with van der Waals surface area (Å²) in [4.78, 5) is 13.4. The molecule has 0 bridgehead atoms. The van der Waals surface area contributed by atoms with Gasteiger partial charge in [0.1, 0.15) is 0 Å². The van der Waals surface area contributed by atoms with E-state index in [-0.39, 0.29) is 5.91 Å². The van der Waals surface area contributed by atoms with Crippen LogP contribution in [-0.2, 0) is 11.3 Å². The smallest absolute Gasteiger partial charge is 0.248 e. The summed E-state index contributed by atoms with van der Waals surface area (Å²) in [5.74, 6) is -0.171. The molecule has 0 saturated carbocycles. The molecule has 0 radical (unpaired) electrons. The molecule has 26 heavy (non-hydrogen) atoms. The lowest BCUT2D eigenvalue weighted by atomic mass is 10.1. The van der Waals surface area contributed by atoms with E-state index in [1.165, 1.54) is 0 Å². The van der Waals surface area contributed by atoms with Crippen molar-refractivity contribution in [1.82, 2.24) is 4.57 Å². The van der Waals surface area contributed by atoms with Crippen LogP contribution in [0.3, 0.4) is 0 Å². The van der Waals surface area contributed by atoms with E-state index in [1.807, 2.05) is 67.1 Å². The first kappa shape index (κ1) is 17.8. The van der Waals surface area contributed by atoms with Crippen LogP contribution in [0.4, 0.5) is 5.69 Å². The van der Waals surface area contributed by atoms with Gasteiger partial charge in [-0.3, -0.25) is 4.79 Å². The minimum absolute atomic E-state index is 0.171. The molecule has 130 valence electrons. The Morgan fingerprint density at radius 1 is 1.23 bits per heavy atom. The molecule has 0 aliphatic rings. The van der Waals surface area contributed by atoms with Gasteiger partial charge < -0.3 is 9.88 Å². The van der Waals surface area contributed by atoms with Crippen molar-refractivity contribution in [2.24, 2.45) is 0 Å². The van der Waals surface area contributed by atoms with Gasteiger partial charge in [0.2, 0.25) is 5.91 Å². The van der Waals surface area contributed by atoms with Crippen LogP contribution in [0.15, 0.2) is 65.7 Å². The first-order valence-corrected chi connectivity index (χ1v) is 9.51. The summed E-state index contributed by atoms with van der Waals surface area (Å²) in [5.41, 5.74) is 2.80. The number of aryl methyl sites for hydroxylation is 1. The van der Waals surface area contributed by atoms with Gasteiger partial charge in [0, 0.05) is 45.9 Å². The van der Waals surface area contributed by atoms with Gasteiger partial charge in [-0.1, -0.05) is 18.2 Å². The number of rotatable bonds is 6. The second-order valence-electron chi connectivity index (χ2n) is 5.75. The Morgan fingerprint density at radius 2 is 2.00 bits per heavy atom. The molecular weight excluding hydrogens is 342 g/mol. The third-order valence-corrected chi connectivity index (χ3v) is 4.80. The Kier molecular flexibility index (Phi) is 5.77. The van der Waals surface area contributed by atoms with Gasteiger partial charge >= 0.3 is 0 Å². The molecule has 1 amide bonds. The van der Waals surface area contributed by atoms with Crippen LogP contribution in [0.25, 0.3) is 17.0 Å². The molecule has 4 nitrogen and oxygen atoms in total. The first-order chi connectivity index (χ1) is 12.7. The minimum Gasteiger partial charge on any atom is -0.346 e. The highest BCUT2D eigenvalue weighted by Crippen LogP contribution is 2.23. The summed E-state index contributed by atoms with van der Waals surface area (Å²) < 4.78 is 2.05. The van der Waals surface area contributed by atoms with Crippen molar-refractivity contribution in [3.63, 3.8) is 0 Å². The number of nitriles is 1. The molecule has 0 fully saturated rings. The number of hydrogen-bond donors (Lipinski definition) is 1. The SMILES string of the molecule is CSc1ccc(NC(=O)/C=C/c2cn(CCC#N)c3ccccc23)cc1. The highest BCUT2D eigenvalue weighted by Gasteiger charge is 2.06. The molecule has 3 rings (SSSR count). The van der Waals surface area contributed by atoms with Crippen LogP contribution in [-0.4, -0.2) is 16.7 Å². The van der Waals surface area contributed by atoms with E-state index in [0.29, 0.717) is 13.0 Å². The average molecular weight is 361 g/mol. The zero-order valence-corrected chi connectivity index (χ0v) is 15.3. The third-order valence-electron chi connectivity index (χ3n) is 4.06. The van der Waals surface area contributed by atoms with E-state index in [1.54, 1.807) is 17.8 Å². The number of benzene rings is 2. The molecule has 0 unspecified atom stereocenters. The normalized spacial score (nSPS) is 10.9. The van der Waals surface area contributed by atoms with Crippen LogP contribution >= 0.6 is 11.8 Å². The van der Waals surface area contributed by atoms with E-state index in [9.17, 15) is 4.79 Å². The maximum absolute atomic E-state index is 12.2. The van der Waals surface area contributed by atoms with E-state index >= 15 is 0 Å². The number of fused-ring (bicyclic) bond motifs is 1. The maximum atomic E-state index is 12.2. The van der Waals surface area contributed by atoms with Crippen LogP contribution in [0.5, 0.6) is 0 Å². The van der Waals surface area contributed by atoms with E-state index in [2.05, 4.69) is 16.0 Å². The molecule has 1 heterocycles. The molecule has 0 aliphatic heterocycles. The Balaban J connectivity index is 1.76. The largest absolute Gasteiger partial charge is 0.346 e. The summed E-state index contributed by atoms with van der Waals surface area (Å²) in [6.07, 6.45) is 7.81. The summed E-state index contributed by atoms with van der Waals surface area (Å²) in [7, 11) is 0. The number of amides is 1. The van der Waals surface area contributed by atoms with Gasteiger partial charge in [-0.15, -0.1) is 11.8 Å². The number of anilines is 1. The molecule has 0 spiro atoms. The van der Waals surface area contributed by atoms with Gasteiger partial charge in [-0.05, 0) is 42.7 Å². The molecule has 2 aromatic carbocycles. The topological polar surface area (TPSA) is 57.8 Å². The minimum atomic E-state index is -0.171. The second-order valence-corrected chi connectivity index (χ2v) is 6.63. The number of carbonyl (C=O) groups is 1. The zero-order chi connectivity index (χ0) is 18.4. The van der Waals surface area contributed by atoms with Gasteiger partial charge in [-0.2, -0.15) is 5.26 Å². The van der Waals surface area contributed by atoms with Crippen LogP contribution in [0, 0.1) is 11.3 Å². The van der Waals surface area contributed by atoms with Crippen molar-refractivity contribution in [3.05, 3.63) is 66.4 Å². The number of nitrogens with one attached hydrogen (secondary N) is 1. The van der Waals surface area contributed by atoms with Crippen molar-refractivity contribution < 1.29 is 4.79 Å². The van der Waals surface area contributed by atoms with Crippen molar-refractivity contribution in [2.75, 3.05) is 11.6 Å². The quantitative estimate of drug-likeness (QED) is 0.500. The van der Waals surface area contributed by atoms with E-state index in [0.717, 1.165) is 27.0 Å². The van der Waals surface area contributed by atoms with Gasteiger partial charge in [0.05, 0.1) is 12.5 Å². The molecule has 3 aromatic rings. The molecule has 1 aromatic heterocycles. The van der Waals surface area contributed by atoms with Crippen LogP contribution < -0.4 is 5.32 Å². The molecule has 0 atom stereocenters. The van der Waals surface area contributed by atoms with Gasteiger partial charge in [0.15, 0.2) is 0 Å². The van der Waals surface area contributed by atoms with E-state index in [4.69, 9.17) is 5.26 Å². The Hall–Kier alpha value is -2.97. The monoisotopic (exact) mass is 361 g/mol. The van der Waals surface area contributed by atoms with Crippen molar-refractivity contribution in [2.45, 2.75) is 17.9 Å². The predicted octanol–water partition coefficient (Wildman–Crippen LogP) is 4.93. The average Bonchev–Trinajstić information content (AvgIpc) is 3.03. The molecule has 0 aliphatic carbocycles. The number of para-hydroxylation sites is 1. The molecule has 1 N–H and O–H groups in total. The lowest BCUT2D eigenvalue weighted by Gasteiger charge is -2.02. The standard InChI is InChI=1S/C21H19N3OS/c1-26-18-10-8-17(9-11-18)23-21(25)12-7-16-15-24(14-4-13-22)20-6-3-2-5-19(16)20/h2-3,5-12,15H,4,14H2,1H3,(H,23,25)/b12-7+.